The topological polar surface area (TPSA) is 58.6 Å². The maximum atomic E-state index is 12.6. The van der Waals surface area contributed by atoms with E-state index in [0.29, 0.717) is 11.4 Å². The Labute approximate surface area is 142 Å². The molecule has 5 nitrogen and oxygen atoms in total. The fourth-order valence-electron chi connectivity index (χ4n) is 2.56. The van der Waals surface area contributed by atoms with Gasteiger partial charge in [0.1, 0.15) is 11.8 Å². The molecule has 2 aromatic rings. The SMILES string of the molecule is COc1ccccc1N1C(=O)CC(Nc2ccc(Br)cc2)C1=O. The van der Waals surface area contributed by atoms with Crippen molar-refractivity contribution in [2.75, 3.05) is 17.3 Å². The van der Waals surface area contributed by atoms with Gasteiger partial charge < -0.3 is 10.1 Å². The summed E-state index contributed by atoms with van der Waals surface area (Å²) < 4.78 is 6.20. The van der Waals surface area contributed by atoms with E-state index in [9.17, 15) is 9.59 Å². The van der Waals surface area contributed by atoms with Crippen LogP contribution in [0.4, 0.5) is 11.4 Å². The van der Waals surface area contributed by atoms with Gasteiger partial charge in [-0.1, -0.05) is 28.1 Å². The van der Waals surface area contributed by atoms with Crippen molar-refractivity contribution >= 4 is 39.1 Å². The van der Waals surface area contributed by atoms with Gasteiger partial charge in [-0.25, -0.2) is 4.90 Å². The molecule has 1 saturated heterocycles. The zero-order valence-electron chi connectivity index (χ0n) is 12.5. The fraction of sp³-hybridized carbons (Fsp3) is 0.176. The summed E-state index contributed by atoms with van der Waals surface area (Å²) in [5.41, 5.74) is 1.27. The molecule has 23 heavy (non-hydrogen) atoms. The lowest BCUT2D eigenvalue weighted by Crippen LogP contribution is -2.35. The van der Waals surface area contributed by atoms with E-state index in [4.69, 9.17) is 4.74 Å². The number of hydrogen-bond donors (Lipinski definition) is 1. The van der Waals surface area contributed by atoms with E-state index in [2.05, 4.69) is 21.2 Å². The second-order valence-electron chi connectivity index (χ2n) is 5.15. The van der Waals surface area contributed by atoms with Crippen LogP contribution in [0.1, 0.15) is 6.42 Å². The van der Waals surface area contributed by atoms with Gasteiger partial charge in [0, 0.05) is 10.2 Å². The predicted molar refractivity (Wildman–Crippen MR) is 91.7 cm³/mol. The first kappa shape index (κ1) is 15.6. The molecule has 1 aliphatic rings. The zero-order valence-corrected chi connectivity index (χ0v) is 14.0. The molecule has 0 spiro atoms. The van der Waals surface area contributed by atoms with Crippen molar-refractivity contribution in [3.05, 3.63) is 53.0 Å². The number of anilines is 2. The largest absolute Gasteiger partial charge is 0.495 e. The summed E-state index contributed by atoms with van der Waals surface area (Å²) in [6, 6.07) is 13.9. The van der Waals surface area contributed by atoms with Crippen molar-refractivity contribution in [2.45, 2.75) is 12.5 Å². The Morgan fingerprint density at radius 2 is 1.83 bits per heavy atom. The Kier molecular flexibility index (Phi) is 4.34. The van der Waals surface area contributed by atoms with Crippen LogP contribution in [-0.2, 0) is 9.59 Å². The van der Waals surface area contributed by atoms with Crippen LogP contribution in [0.3, 0.4) is 0 Å². The van der Waals surface area contributed by atoms with Crippen LogP contribution >= 0.6 is 15.9 Å². The highest BCUT2D eigenvalue weighted by Crippen LogP contribution is 2.32. The molecule has 0 saturated carbocycles. The summed E-state index contributed by atoms with van der Waals surface area (Å²) in [6.07, 6.45) is 0.118. The summed E-state index contributed by atoms with van der Waals surface area (Å²) in [4.78, 5) is 26.1. The smallest absolute Gasteiger partial charge is 0.256 e. The number of imide groups is 1. The number of carbonyl (C=O) groups is 2. The molecule has 6 heteroatoms. The van der Waals surface area contributed by atoms with E-state index in [1.165, 1.54) is 12.0 Å². The quantitative estimate of drug-likeness (QED) is 0.834. The van der Waals surface area contributed by atoms with Crippen LogP contribution in [0.5, 0.6) is 5.75 Å². The molecule has 1 unspecified atom stereocenters. The van der Waals surface area contributed by atoms with Crippen LogP contribution in [0, 0.1) is 0 Å². The van der Waals surface area contributed by atoms with Gasteiger partial charge in [-0.2, -0.15) is 0 Å². The average Bonchev–Trinajstić information content (AvgIpc) is 2.83. The lowest BCUT2D eigenvalue weighted by molar-refractivity contribution is -0.121. The molecule has 0 aromatic heterocycles. The molecule has 1 N–H and O–H groups in total. The Morgan fingerprint density at radius 3 is 2.52 bits per heavy atom. The number of halogens is 1. The highest BCUT2D eigenvalue weighted by atomic mass is 79.9. The molecule has 2 aromatic carbocycles. The average molecular weight is 375 g/mol. The standard InChI is InChI=1S/C17H15BrN2O3/c1-23-15-5-3-2-4-14(15)20-16(21)10-13(17(20)22)19-12-8-6-11(18)7-9-12/h2-9,13,19H,10H2,1H3. The van der Waals surface area contributed by atoms with Gasteiger partial charge in [0.05, 0.1) is 19.2 Å². The Hall–Kier alpha value is -2.34. The number of hydrogen-bond acceptors (Lipinski definition) is 4. The second kappa shape index (κ2) is 6.42. The van der Waals surface area contributed by atoms with Gasteiger partial charge in [-0.3, -0.25) is 9.59 Å². The number of methoxy groups -OCH3 is 1. The highest BCUT2D eigenvalue weighted by Gasteiger charge is 2.40. The summed E-state index contributed by atoms with van der Waals surface area (Å²) >= 11 is 3.36. The third-order valence-electron chi connectivity index (χ3n) is 3.66. The van der Waals surface area contributed by atoms with E-state index >= 15 is 0 Å². The third kappa shape index (κ3) is 3.07. The molecule has 1 heterocycles. The summed E-state index contributed by atoms with van der Waals surface area (Å²) in [5.74, 6) is -0.0185. The van der Waals surface area contributed by atoms with Gasteiger partial charge in [0.2, 0.25) is 5.91 Å². The Balaban J connectivity index is 1.84. The number of ether oxygens (including phenoxy) is 1. The molecule has 2 amide bonds. The summed E-state index contributed by atoms with van der Waals surface area (Å²) in [7, 11) is 1.52. The van der Waals surface area contributed by atoms with Crippen molar-refractivity contribution in [2.24, 2.45) is 0 Å². The molecular formula is C17H15BrN2O3. The highest BCUT2D eigenvalue weighted by molar-refractivity contribution is 9.10. The van der Waals surface area contributed by atoms with Crippen LogP contribution in [0.2, 0.25) is 0 Å². The second-order valence-corrected chi connectivity index (χ2v) is 6.06. The van der Waals surface area contributed by atoms with Crippen molar-refractivity contribution < 1.29 is 14.3 Å². The minimum Gasteiger partial charge on any atom is -0.495 e. The first-order valence-corrected chi connectivity index (χ1v) is 7.91. The van der Waals surface area contributed by atoms with Crippen molar-refractivity contribution in [1.29, 1.82) is 0 Å². The van der Waals surface area contributed by atoms with E-state index in [1.54, 1.807) is 24.3 Å². The molecule has 0 bridgehead atoms. The molecular weight excluding hydrogens is 360 g/mol. The lowest BCUT2D eigenvalue weighted by Gasteiger charge is -2.18. The number of para-hydroxylation sites is 2. The van der Waals surface area contributed by atoms with Gasteiger partial charge in [0.15, 0.2) is 0 Å². The van der Waals surface area contributed by atoms with Crippen molar-refractivity contribution in [3.63, 3.8) is 0 Å². The van der Waals surface area contributed by atoms with Gasteiger partial charge in [-0.05, 0) is 36.4 Å². The third-order valence-corrected chi connectivity index (χ3v) is 4.19. The number of nitrogens with one attached hydrogen (secondary N) is 1. The molecule has 118 valence electrons. The van der Waals surface area contributed by atoms with Crippen molar-refractivity contribution in [1.82, 2.24) is 0 Å². The first-order chi connectivity index (χ1) is 11.1. The molecule has 1 aliphatic heterocycles. The van der Waals surface area contributed by atoms with Crippen LogP contribution < -0.4 is 15.0 Å². The Morgan fingerprint density at radius 1 is 1.13 bits per heavy atom. The molecule has 0 aliphatic carbocycles. The fourth-order valence-corrected chi connectivity index (χ4v) is 2.82. The Bertz CT molecular complexity index is 746. The monoisotopic (exact) mass is 374 g/mol. The number of amides is 2. The normalized spacial score (nSPS) is 17.5. The van der Waals surface area contributed by atoms with Crippen LogP contribution in [-0.4, -0.2) is 25.0 Å². The molecule has 3 rings (SSSR count). The van der Waals surface area contributed by atoms with Crippen LogP contribution in [0.25, 0.3) is 0 Å². The minimum absolute atomic E-state index is 0.118. The van der Waals surface area contributed by atoms with Gasteiger partial charge in [0.25, 0.3) is 5.91 Å². The van der Waals surface area contributed by atoms with Crippen LogP contribution in [0.15, 0.2) is 53.0 Å². The van der Waals surface area contributed by atoms with E-state index in [1.807, 2.05) is 24.3 Å². The van der Waals surface area contributed by atoms with E-state index in [0.717, 1.165) is 10.2 Å². The first-order valence-electron chi connectivity index (χ1n) is 7.12. The number of rotatable bonds is 4. The predicted octanol–water partition coefficient (Wildman–Crippen LogP) is 3.20. The number of benzene rings is 2. The minimum atomic E-state index is -0.575. The van der Waals surface area contributed by atoms with Gasteiger partial charge in [-0.15, -0.1) is 0 Å². The number of nitrogens with zero attached hydrogens (tertiary/aromatic N) is 1. The maximum Gasteiger partial charge on any atom is 0.256 e. The zero-order chi connectivity index (χ0) is 16.4. The molecule has 1 atom stereocenters. The van der Waals surface area contributed by atoms with Gasteiger partial charge >= 0.3 is 0 Å². The maximum absolute atomic E-state index is 12.6. The summed E-state index contributed by atoms with van der Waals surface area (Å²) in [6.45, 7) is 0. The van der Waals surface area contributed by atoms with Crippen molar-refractivity contribution in [3.8, 4) is 5.75 Å². The summed E-state index contributed by atoms with van der Waals surface area (Å²) in [5, 5.41) is 3.11. The number of carbonyl (C=O) groups excluding carboxylic acids is 2. The molecule has 0 radical (unpaired) electrons. The molecule has 1 fully saturated rings. The van der Waals surface area contributed by atoms with E-state index in [-0.39, 0.29) is 18.2 Å². The lowest BCUT2D eigenvalue weighted by atomic mass is 10.2. The van der Waals surface area contributed by atoms with E-state index < -0.39 is 6.04 Å².